The second-order valence-corrected chi connectivity index (χ2v) is 27.9. The molecule has 0 N–H and O–H groups in total. The number of hydrogen-bond acceptors (Lipinski definition) is 3. The summed E-state index contributed by atoms with van der Waals surface area (Å²) in [6.07, 6.45) is 0. The van der Waals surface area contributed by atoms with Gasteiger partial charge in [0.1, 0.15) is 5.75 Å². The molecule has 1 aromatic carbocycles. The van der Waals surface area contributed by atoms with Crippen LogP contribution >= 0.6 is 11.6 Å². The van der Waals surface area contributed by atoms with Gasteiger partial charge in [-0.25, -0.2) is 0 Å². The highest BCUT2D eigenvalue weighted by Gasteiger charge is 2.43. The molecule has 1 aromatic rings. The van der Waals surface area contributed by atoms with Gasteiger partial charge >= 0.3 is 0 Å². The van der Waals surface area contributed by atoms with Gasteiger partial charge in [0.25, 0.3) is 16.6 Å². The normalized spacial score (nSPS) is 14.5. The van der Waals surface area contributed by atoms with Crippen molar-refractivity contribution < 1.29 is 13.3 Å². The lowest BCUT2D eigenvalue weighted by atomic mass is 10.2. The predicted molar refractivity (Wildman–Crippen MR) is 145 cm³/mol. The van der Waals surface area contributed by atoms with Gasteiger partial charge in [0.15, 0.2) is 11.5 Å². The van der Waals surface area contributed by atoms with Crippen molar-refractivity contribution >= 4 is 36.6 Å². The van der Waals surface area contributed by atoms with Crippen molar-refractivity contribution in [2.45, 2.75) is 117 Å². The maximum Gasteiger partial charge on any atom is 0.250 e. The zero-order valence-electron chi connectivity index (χ0n) is 22.8. The Balaban J connectivity index is 3.60. The highest BCUT2D eigenvalue weighted by atomic mass is 35.5. The van der Waals surface area contributed by atoms with Crippen LogP contribution in [0.15, 0.2) is 12.1 Å². The Labute approximate surface area is 200 Å². The lowest BCUT2D eigenvalue weighted by molar-refractivity contribution is 0.435. The van der Waals surface area contributed by atoms with Crippen molar-refractivity contribution in [3.63, 3.8) is 0 Å². The number of hydrogen-bond donors (Lipinski definition) is 0. The van der Waals surface area contributed by atoms with Crippen LogP contribution < -0.4 is 13.3 Å². The second-order valence-electron chi connectivity index (χ2n) is 13.3. The third kappa shape index (κ3) is 6.78. The smallest absolute Gasteiger partial charge is 0.250 e. The van der Waals surface area contributed by atoms with Gasteiger partial charge in [-0.2, -0.15) is 0 Å². The van der Waals surface area contributed by atoms with E-state index in [1.165, 1.54) is 0 Å². The van der Waals surface area contributed by atoms with Gasteiger partial charge in [0.05, 0.1) is 5.02 Å². The summed E-state index contributed by atoms with van der Waals surface area (Å²) in [6, 6.07) is 3.92. The third-order valence-corrected chi connectivity index (χ3v) is 20.8. The first-order valence-electron chi connectivity index (χ1n) is 11.3. The van der Waals surface area contributed by atoms with Crippen molar-refractivity contribution in [2.75, 3.05) is 0 Å². The number of benzene rings is 1. The summed E-state index contributed by atoms with van der Waals surface area (Å²) in [6.45, 7) is 33.6. The first-order chi connectivity index (χ1) is 13.4. The molecule has 0 aromatic heterocycles. The van der Waals surface area contributed by atoms with Crippen LogP contribution in [0.1, 0.15) is 62.3 Å². The Morgan fingerprint density at radius 3 is 1.32 bits per heavy atom. The molecule has 180 valence electrons. The Morgan fingerprint density at radius 1 is 0.581 bits per heavy atom. The molecule has 1 rings (SSSR count). The van der Waals surface area contributed by atoms with Crippen LogP contribution in [-0.2, 0) is 0 Å². The highest BCUT2D eigenvalue weighted by Crippen LogP contribution is 2.48. The van der Waals surface area contributed by atoms with Crippen molar-refractivity contribution in [3.05, 3.63) is 17.2 Å². The van der Waals surface area contributed by atoms with Crippen LogP contribution in [-0.4, -0.2) is 25.0 Å². The van der Waals surface area contributed by atoms with E-state index >= 15 is 0 Å². The van der Waals surface area contributed by atoms with Gasteiger partial charge in [-0.1, -0.05) is 73.9 Å². The van der Waals surface area contributed by atoms with Gasteiger partial charge in [0, 0.05) is 12.1 Å². The standard InChI is InChI=1S/C24H47ClO3Si3/c1-22(2,3)29(10,11)26-18-16-19(25)21(28-31(14,15)24(7,8)9)20(17-18)27-30(12,13)23(4,5)6/h16-17H,1-15H3. The van der Waals surface area contributed by atoms with Crippen molar-refractivity contribution in [1.29, 1.82) is 0 Å². The van der Waals surface area contributed by atoms with Crippen molar-refractivity contribution in [3.8, 4) is 17.2 Å². The first kappa shape index (κ1) is 28.6. The lowest BCUT2D eigenvalue weighted by Crippen LogP contribution is -2.46. The quantitative estimate of drug-likeness (QED) is 0.362. The van der Waals surface area contributed by atoms with Crippen LogP contribution in [0.4, 0.5) is 0 Å². The molecule has 0 spiro atoms. The Morgan fingerprint density at radius 2 is 0.935 bits per heavy atom. The summed E-state index contributed by atoms with van der Waals surface area (Å²) in [7, 11) is -6.23. The molecule has 7 heteroatoms. The first-order valence-corrected chi connectivity index (χ1v) is 20.4. The monoisotopic (exact) mass is 502 g/mol. The number of halogens is 1. The molecule has 0 heterocycles. The van der Waals surface area contributed by atoms with Gasteiger partial charge < -0.3 is 13.3 Å². The van der Waals surface area contributed by atoms with Crippen LogP contribution in [0.5, 0.6) is 17.2 Å². The molecule has 0 atom stereocenters. The zero-order valence-corrected chi connectivity index (χ0v) is 26.5. The molecule has 0 fully saturated rings. The fraction of sp³-hybridized carbons (Fsp3) is 0.750. The summed E-state index contributed by atoms with van der Waals surface area (Å²) >= 11 is 6.85. The average Bonchev–Trinajstić information content (AvgIpc) is 2.46. The Kier molecular flexibility index (Phi) is 8.05. The molecule has 31 heavy (non-hydrogen) atoms. The molecule has 0 aliphatic carbocycles. The molecule has 0 radical (unpaired) electrons. The fourth-order valence-electron chi connectivity index (χ4n) is 2.06. The second kappa shape index (κ2) is 8.73. The largest absolute Gasteiger partial charge is 0.543 e. The molecule has 0 bridgehead atoms. The summed E-state index contributed by atoms with van der Waals surface area (Å²) < 4.78 is 20.0. The van der Waals surface area contributed by atoms with E-state index in [0.29, 0.717) is 10.8 Å². The Bertz CT molecular complexity index is 783. The molecular weight excluding hydrogens is 456 g/mol. The maximum absolute atomic E-state index is 6.85. The van der Waals surface area contributed by atoms with Gasteiger partial charge in [-0.05, 0) is 54.4 Å². The van der Waals surface area contributed by atoms with E-state index in [-0.39, 0.29) is 15.1 Å². The van der Waals surface area contributed by atoms with E-state index in [0.717, 1.165) is 11.5 Å². The van der Waals surface area contributed by atoms with E-state index in [4.69, 9.17) is 24.9 Å². The minimum atomic E-state index is -2.11. The molecule has 0 aliphatic rings. The molecule has 0 saturated carbocycles. The van der Waals surface area contributed by atoms with E-state index in [1.54, 1.807) is 0 Å². The minimum absolute atomic E-state index is 0.0564. The third-order valence-electron chi connectivity index (χ3n) is 7.50. The summed E-state index contributed by atoms with van der Waals surface area (Å²) in [5, 5.41) is 0.774. The van der Waals surface area contributed by atoms with Crippen LogP contribution in [0, 0.1) is 0 Å². The van der Waals surface area contributed by atoms with E-state index in [1.807, 2.05) is 12.1 Å². The minimum Gasteiger partial charge on any atom is -0.543 e. The van der Waals surface area contributed by atoms with Crippen LogP contribution in [0.3, 0.4) is 0 Å². The lowest BCUT2D eigenvalue weighted by Gasteiger charge is -2.40. The molecular formula is C24H47ClO3Si3. The molecule has 0 saturated heterocycles. The van der Waals surface area contributed by atoms with E-state index in [9.17, 15) is 0 Å². The SMILES string of the molecule is CC(C)(C)[Si](C)(C)Oc1cc(Cl)c(O[Si](C)(C)C(C)(C)C)c(O[Si](C)(C)C(C)(C)C)c1. The number of rotatable bonds is 6. The Hall–Kier alpha value is -0.439. The van der Waals surface area contributed by atoms with Gasteiger partial charge in [0.2, 0.25) is 8.32 Å². The molecule has 0 aliphatic heterocycles. The fourth-order valence-corrected chi connectivity index (χ4v) is 5.41. The average molecular weight is 503 g/mol. The summed E-state index contributed by atoms with van der Waals surface area (Å²) in [5.74, 6) is 2.16. The molecule has 0 unspecified atom stereocenters. The topological polar surface area (TPSA) is 27.7 Å². The van der Waals surface area contributed by atoms with Crippen molar-refractivity contribution in [1.82, 2.24) is 0 Å². The highest BCUT2D eigenvalue weighted by molar-refractivity contribution is 6.76. The van der Waals surface area contributed by atoms with Gasteiger partial charge in [-0.15, -0.1) is 0 Å². The maximum atomic E-state index is 6.85. The van der Waals surface area contributed by atoms with Crippen LogP contribution in [0.2, 0.25) is 59.4 Å². The zero-order chi connectivity index (χ0) is 24.8. The summed E-state index contributed by atoms with van der Waals surface area (Å²) in [4.78, 5) is 0. The van der Waals surface area contributed by atoms with Gasteiger partial charge in [-0.3, -0.25) is 0 Å². The predicted octanol–water partition coefficient (Wildman–Crippen LogP) is 9.49. The van der Waals surface area contributed by atoms with E-state index in [2.05, 4.69) is 102 Å². The van der Waals surface area contributed by atoms with Crippen molar-refractivity contribution in [2.24, 2.45) is 0 Å². The molecule has 3 nitrogen and oxygen atoms in total. The van der Waals surface area contributed by atoms with E-state index < -0.39 is 25.0 Å². The van der Waals surface area contributed by atoms with Crippen LogP contribution in [0.25, 0.3) is 0 Å². The molecule has 0 amide bonds. The summed E-state index contributed by atoms with van der Waals surface area (Å²) in [5.41, 5.74) is 0.